The lowest BCUT2D eigenvalue weighted by molar-refractivity contribution is 0.633. The molecule has 0 atom stereocenters. The highest BCUT2D eigenvalue weighted by Gasteiger charge is 2.19. The molecule has 2 aromatic heterocycles. The van der Waals surface area contributed by atoms with E-state index in [4.69, 9.17) is 0 Å². The fourth-order valence-corrected chi connectivity index (χ4v) is 2.38. The molecule has 0 saturated carbocycles. The van der Waals surface area contributed by atoms with Crippen molar-refractivity contribution in [1.82, 2.24) is 19.9 Å². The van der Waals surface area contributed by atoms with Crippen LogP contribution in [0.25, 0.3) is 0 Å². The van der Waals surface area contributed by atoms with Gasteiger partial charge in [0.1, 0.15) is 16.7 Å². The smallest absolute Gasteiger partial charge is 0.225 e. The van der Waals surface area contributed by atoms with Crippen LogP contribution in [0.1, 0.15) is 0 Å². The quantitative estimate of drug-likeness (QED) is 0.779. The summed E-state index contributed by atoms with van der Waals surface area (Å²) in [4.78, 5) is 21.3. The highest BCUT2D eigenvalue weighted by atomic mass is 79.9. The zero-order valence-corrected chi connectivity index (χ0v) is 11.9. The van der Waals surface area contributed by atoms with Gasteiger partial charge in [0.15, 0.2) is 0 Å². The van der Waals surface area contributed by atoms with E-state index < -0.39 is 0 Å². The molecule has 0 amide bonds. The fraction of sp³-hybridized carbons (Fsp3) is 0.333. The first kappa shape index (κ1) is 12.3. The van der Waals surface area contributed by atoms with Crippen molar-refractivity contribution in [2.24, 2.45) is 0 Å². The van der Waals surface area contributed by atoms with Crippen LogP contribution in [0.4, 0.5) is 11.8 Å². The first-order valence-corrected chi connectivity index (χ1v) is 6.87. The van der Waals surface area contributed by atoms with Gasteiger partial charge in [-0.05, 0) is 22.0 Å². The van der Waals surface area contributed by atoms with Gasteiger partial charge < -0.3 is 9.80 Å². The molecule has 1 aliphatic rings. The maximum absolute atomic E-state index is 4.30. The topological polar surface area (TPSA) is 58.0 Å². The summed E-state index contributed by atoms with van der Waals surface area (Å²) in [5.41, 5.74) is 0. The van der Waals surface area contributed by atoms with Gasteiger partial charge in [-0.2, -0.15) is 0 Å². The predicted octanol–water partition coefficient (Wildman–Crippen LogP) is 1.36. The van der Waals surface area contributed by atoms with E-state index in [2.05, 4.69) is 45.7 Å². The van der Waals surface area contributed by atoms with Crippen molar-refractivity contribution in [3.63, 3.8) is 0 Å². The highest BCUT2D eigenvalue weighted by Crippen LogP contribution is 2.17. The van der Waals surface area contributed by atoms with Crippen molar-refractivity contribution in [2.45, 2.75) is 0 Å². The lowest BCUT2D eigenvalue weighted by Crippen LogP contribution is -2.47. The second kappa shape index (κ2) is 5.48. The minimum absolute atomic E-state index is 0.797. The van der Waals surface area contributed by atoms with Gasteiger partial charge in [-0.1, -0.05) is 0 Å². The number of aromatic nitrogens is 4. The molecule has 0 unspecified atom stereocenters. The van der Waals surface area contributed by atoms with Crippen LogP contribution in [0, 0.1) is 0 Å². The van der Waals surface area contributed by atoms with Crippen molar-refractivity contribution < 1.29 is 0 Å². The monoisotopic (exact) mass is 320 g/mol. The fourth-order valence-electron chi connectivity index (χ4n) is 2.09. The molecule has 98 valence electrons. The van der Waals surface area contributed by atoms with E-state index >= 15 is 0 Å². The highest BCUT2D eigenvalue weighted by molar-refractivity contribution is 9.10. The first-order valence-electron chi connectivity index (χ1n) is 6.07. The van der Waals surface area contributed by atoms with Gasteiger partial charge in [-0.25, -0.2) is 19.9 Å². The predicted molar refractivity (Wildman–Crippen MR) is 76.2 cm³/mol. The normalized spacial score (nSPS) is 15.6. The van der Waals surface area contributed by atoms with Crippen LogP contribution in [-0.4, -0.2) is 46.1 Å². The third kappa shape index (κ3) is 2.81. The van der Waals surface area contributed by atoms with E-state index in [1.54, 1.807) is 18.7 Å². The van der Waals surface area contributed by atoms with Crippen LogP contribution >= 0.6 is 15.9 Å². The maximum Gasteiger partial charge on any atom is 0.225 e. The molecule has 0 radical (unpaired) electrons. The van der Waals surface area contributed by atoms with Crippen LogP contribution in [0.15, 0.2) is 35.5 Å². The standard InChI is InChI=1S/C12H13BrN6/c13-10-8-11(17-9-16-10)18-4-6-19(7-5-18)12-14-2-1-3-15-12/h1-3,8-9H,4-7H2. The van der Waals surface area contributed by atoms with Crippen molar-refractivity contribution in [2.75, 3.05) is 36.0 Å². The van der Waals surface area contributed by atoms with E-state index in [1.807, 2.05) is 12.1 Å². The third-order valence-electron chi connectivity index (χ3n) is 3.06. The van der Waals surface area contributed by atoms with Gasteiger partial charge in [0.2, 0.25) is 5.95 Å². The Balaban J connectivity index is 1.67. The zero-order chi connectivity index (χ0) is 13.1. The van der Waals surface area contributed by atoms with Gasteiger partial charge in [0, 0.05) is 44.6 Å². The van der Waals surface area contributed by atoms with E-state index in [-0.39, 0.29) is 0 Å². The maximum atomic E-state index is 4.30. The lowest BCUT2D eigenvalue weighted by Gasteiger charge is -2.35. The number of anilines is 2. The van der Waals surface area contributed by atoms with Crippen molar-refractivity contribution in [3.8, 4) is 0 Å². The summed E-state index contributed by atoms with van der Waals surface area (Å²) >= 11 is 3.37. The third-order valence-corrected chi connectivity index (χ3v) is 3.49. The van der Waals surface area contributed by atoms with Crippen LogP contribution in [0.3, 0.4) is 0 Å². The Hall–Kier alpha value is -1.76. The summed E-state index contributed by atoms with van der Waals surface area (Å²) in [7, 11) is 0. The Morgan fingerprint density at radius 1 is 0.895 bits per heavy atom. The number of nitrogens with zero attached hydrogens (tertiary/aromatic N) is 6. The lowest BCUT2D eigenvalue weighted by atomic mass is 10.3. The van der Waals surface area contributed by atoms with E-state index in [9.17, 15) is 0 Å². The molecule has 2 aromatic rings. The Bertz CT molecular complexity index is 541. The van der Waals surface area contributed by atoms with E-state index in [1.165, 1.54) is 0 Å². The second-order valence-corrected chi connectivity index (χ2v) is 5.03. The molecular weight excluding hydrogens is 308 g/mol. The average molecular weight is 321 g/mol. The molecule has 7 heteroatoms. The summed E-state index contributed by atoms with van der Waals surface area (Å²) in [5, 5.41) is 0. The molecule has 0 N–H and O–H groups in total. The number of hydrogen-bond acceptors (Lipinski definition) is 6. The zero-order valence-electron chi connectivity index (χ0n) is 10.3. The van der Waals surface area contributed by atoms with Crippen molar-refractivity contribution >= 4 is 27.7 Å². The Labute approximate surface area is 119 Å². The van der Waals surface area contributed by atoms with Gasteiger partial charge >= 0.3 is 0 Å². The summed E-state index contributed by atoms with van der Waals surface area (Å²) < 4.78 is 0.811. The Kier molecular flexibility index (Phi) is 3.54. The van der Waals surface area contributed by atoms with Gasteiger partial charge in [-0.3, -0.25) is 0 Å². The molecule has 0 bridgehead atoms. The molecule has 0 spiro atoms. The average Bonchev–Trinajstić information content (AvgIpc) is 2.48. The van der Waals surface area contributed by atoms with Gasteiger partial charge in [0.25, 0.3) is 0 Å². The SMILES string of the molecule is Brc1cc(N2CCN(c3ncccn3)CC2)ncn1. The number of piperazine rings is 1. The van der Waals surface area contributed by atoms with E-state index in [0.29, 0.717) is 0 Å². The minimum atomic E-state index is 0.797. The molecule has 3 rings (SSSR count). The Morgan fingerprint density at radius 3 is 2.26 bits per heavy atom. The summed E-state index contributed by atoms with van der Waals surface area (Å²) in [6, 6.07) is 3.77. The molecular formula is C12H13BrN6. The van der Waals surface area contributed by atoms with Crippen LogP contribution in [-0.2, 0) is 0 Å². The molecule has 1 aliphatic heterocycles. The molecule has 1 saturated heterocycles. The molecule has 6 nitrogen and oxygen atoms in total. The largest absolute Gasteiger partial charge is 0.353 e. The van der Waals surface area contributed by atoms with Gasteiger partial charge in [0.05, 0.1) is 0 Å². The van der Waals surface area contributed by atoms with Crippen LogP contribution < -0.4 is 9.80 Å². The van der Waals surface area contributed by atoms with Gasteiger partial charge in [-0.15, -0.1) is 0 Å². The minimum Gasteiger partial charge on any atom is -0.353 e. The summed E-state index contributed by atoms with van der Waals surface area (Å²) in [6.45, 7) is 3.60. The number of hydrogen-bond donors (Lipinski definition) is 0. The summed E-state index contributed by atoms with van der Waals surface area (Å²) in [6.07, 6.45) is 5.12. The molecule has 0 aromatic carbocycles. The number of rotatable bonds is 2. The molecule has 1 fully saturated rings. The molecule has 19 heavy (non-hydrogen) atoms. The van der Waals surface area contributed by atoms with Crippen LogP contribution in [0.5, 0.6) is 0 Å². The number of halogens is 1. The molecule has 0 aliphatic carbocycles. The second-order valence-electron chi connectivity index (χ2n) is 4.22. The van der Waals surface area contributed by atoms with E-state index in [0.717, 1.165) is 42.5 Å². The van der Waals surface area contributed by atoms with Crippen molar-refractivity contribution in [1.29, 1.82) is 0 Å². The molecule has 3 heterocycles. The Morgan fingerprint density at radius 2 is 1.58 bits per heavy atom. The van der Waals surface area contributed by atoms with Crippen molar-refractivity contribution in [3.05, 3.63) is 35.5 Å². The first-order chi connectivity index (χ1) is 9.33. The van der Waals surface area contributed by atoms with Crippen LogP contribution in [0.2, 0.25) is 0 Å². The summed E-state index contributed by atoms with van der Waals surface area (Å²) in [5.74, 6) is 1.75.